The number of halogens is 2. The molecule has 0 atom stereocenters. The Kier molecular flexibility index (Phi) is 4.39. The van der Waals surface area contributed by atoms with Gasteiger partial charge in [-0.1, -0.05) is 11.6 Å². The number of aromatic nitrogens is 2. The van der Waals surface area contributed by atoms with E-state index in [1.165, 1.54) is 6.20 Å². The molecule has 1 aliphatic heterocycles. The highest BCUT2D eigenvalue weighted by molar-refractivity contribution is 6.33. The normalized spacial score (nSPS) is 17.5. The highest BCUT2D eigenvalue weighted by Crippen LogP contribution is 2.24. The van der Waals surface area contributed by atoms with Crippen molar-refractivity contribution >= 4 is 29.0 Å². The molecular formula is C10H14Cl2N4O. The van der Waals surface area contributed by atoms with Gasteiger partial charge in [0.2, 0.25) is 5.28 Å². The van der Waals surface area contributed by atoms with E-state index in [4.69, 9.17) is 28.3 Å². The van der Waals surface area contributed by atoms with Crippen molar-refractivity contribution in [2.45, 2.75) is 0 Å². The largest absolute Gasteiger partial charge is 0.395 e. The number of aliphatic hydroxyl groups excluding tert-OH is 1. The van der Waals surface area contributed by atoms with Crippen LogP contribution in [0.15, 0.2) is 6.20 Å². The van der Waals surface area contributed by atoms with Crippen LogP contribution in [0.2, 0.25) is 10.3 Å². The summed E-state index contributed by atoms with van der Waals surface area (Å²) >= 11 is 11.8. The van der Waals surface area contributed by atoms with E-state index in [0.29, 0.717) is 17.4 Å². The first kappa shape index (κ1) is 12.8. The summed E-state index contributed by atoms with van der Waals surface area (Å²) in [6.45, 7) is 4.34. The van der Waals surface area contributed by atoms with E-state index >= 15 is 0 Å². The smallest absolute Gasteiger partial charge is 0.224 e. The average molecular weight is 277 g/mol. The molecule has 1 saturated heterocycles. The molecule has 7 heteroatoms. The number of nitrogens with zero attached hydrogens (tertiary/aromatic N) is 4. The number of hydrogen-bond donors (Lipinski definition) is 1. The molecule has 1 aromatic rings. The fourth-order valence-corrected chi connectivity index (χ4v) is 2.22. The molecule has 0 unspecified atom stereocenters. The number of anilines is 1. The van der Waals surface area contributed by atoms with Gasteiger partial charge < -0.3 is 10.0 Å². The molecule has 0 radical (unpaired) electrons. The van der Waals surface area contributed by atoms with Crippen molar-refractivity contribution in [2.24, 2.45) is 0 Å². The van der Waals surface area contributed by atoms with E-state index < -0.39 is 0 Å². The third kappa shape index (κ3) is 3.19. The van der Waals surface area contributed by atoms with E-state index in [9.17, 15) is 0 Å². The van der Waals surface area contributed by atoms with Crippen molar-refractivity contribution in [1.29, 1.82) is 0 Å². The summed E-state index contributed by atoms with van der Waals surface area (Å²) in [5.41, 5.74) is 0. The lowest BCUT2D eigenvalue weighted by Crippen LogP contribution is -2.47. The summed E-state index contributed by atoms with van der Waals surface area (Å²) in [7, 11) is 0. The van der Waals surface area contributed by atoms with Crippen LogP contribution in [0, 0.1) is 0 Å². The second-order valence-electron chi connectivity index (χ2n) is 3.86. The van der Waals surface area contributed by atoms with Gasteiger partial charge in [0.15, 0.2) is 5.82 Å². The zero-order chi connectivity index (χ0) is 12.3. The number of aliphatic hydroxyl groups is 1. The molecule has 1 fully saturated rings. The van der Waals surface area contributed by atoms with Crippen molar-refractivity contribution < 1.29 is 5.11 Å². The van der Waals surface area contributed by atoms with Gasteiger partial charge >= 0.3 is 0 Å². The lowest BCUT2D eigenvalue weighted by atomic mass is 10.3. The second-order valence-corrected chi connectivity index (χ2v) is 4.61. The molecule has 0 saturated carbocycles. The summed E-state index contributed by atoms with van der Waals surface area (Å²) in [5, 5.41) is 9.60. The Morgan fingerprint density at radius 1 is 1.24 bits per heavy atom. The van der Waals surface area contributed by atoms with E-state index in [-0.39, 0.29) is 11.9 Å². The van der Waals surface area contributed by atoms with Gasteiger partial charge in [0.05, 0.1) is 12.8 Å². The van der Waals surface area contributed by atoms with Gasteiger partial charge in [0, 0.05) is 32.7 Å². The Hall–Kier alpha value is -0.620. The average Bonchev–Trinajstić information content (AvgIpc) is 2.34. The van der Waals surface area contributed by atoms with Crippen LogP contribution in [0.5, 0.6) is 0 Å². The lowest BCUT2D eigenvalue weighted by molar-refractivity contribution is 0.188. The Morgan fingerprint density at radius 2 is 1.94 bits per heavy atom. The zero-order valence-electron chi connectivity index (χ0n) is 9.31. The van der Waals surface area contributed by atoms with Crippen molar-refractivity contribution in [1.82, 2.24) is 14.9 Å². The van der Waals surface area contributed by atoms with Crippen LogP contribution in [0.25, 0.3) is 0 Å². The topological polar surface area (TPSA) is 52.5 Å². The quantitative estimate of drug-likeness (QED) is 0.832. The third-order valence-corrected chi connectivity index (χ3v) is 3.23. The molecule has 94 valence electrons. The minimum Gasteiger partial charge on any atom is -0.395 e. The van der Waals surface area contributed by atoms with Crippen molar-refractivity contribution in [3.05, 3.63) is 16.5 Å². The summed E-state index contributed by atoms with van der Waals surface area (Å²) < 4.78 is 0. The molecular weight excluding hydrogens is 263 g/mol. The maximum atomic E-state index is 8.87. The predicted octanol–water partition coefficient (Wildman–Crippen LogP) is 0.898. The third-order valence-electron chi connectivity index (χ3n) is 2.78. The van der Waals surface area contributed by atoms with Crippen LogP contribution >= 0.6 is 23.2 Å². The van der Waals surface area contributed by atoms with Gasteiger partial charge in [0.25, 0.3) is 0 Å². The fourth-order valence-electron chi connectivity index (χ4n) is 1.88. The molecule has 0 aromatic carbocycles. The van der Waals surface area contributed by atoms with Crippen molar-refractivity contribution in [2.75, 3.05) is 44.2 Å². The maximum absolute atomic E-state index is 8.87. The Morgan fingerprint density at radius 3 is 2.59 bits per heavy atom. The van der Waals surface area contributed by atoms with Crippen LogP contribution < -0.4 is 4.90 Å². The highest BCUT2D eigenvalue weighted by atomic mass is 35.5. The van der Waals surface area contributed by atoms with Crippen molar-refractivity contribution in [3.8, 4) is 0 Å². The monoisotopic (exact) mass is 276 g/mol. The van der Waals surface area contributed by atoms with E-state index in [0.717, 1.165) is 26.2 Å². The van der Waals surface area contributed by atoms with Gasteiger partial charge in [-0.15, -0.1) is 0 Å². The maximum Gasteiger partial charge on any atom is 0.224 e. The molecule has 1 N–H and O–H groups in total. The molecule has 1 aromatic heterocycles. The van der Waals surface area contributed by atoms with Crippen LogP contribution in [0.3, 0.4) is 0 Å². The van der Waals surface area contributed by atoms with Crippen LogP contribution in [0.4, 0.5) is 5.82 Å². The second kappa shape index (κ2) is 5.82. The predicted molar refractivity (Wildman–Crippen MR) is 67.8 cm³/mol. The van der Waals surface area contributed by atoms with E-state index in [2.05, 4.69) is 19.8 Å². The summed E-state index contributed by atoms with van der Waals surface area (Å²) in [6, 6.07) is 0. The molecule has 0 bridgehead atoms. The molecule has 0 spiro atoms. The van der Waals surface area contributed by atoms with Crippen LogP contribution in [-0.4, -0.2) is 59.3 Å². The Balaban J connectivity index is 2.02. The van der Waals surface area contributed by atoms with Gasteiger partial charge in [-0.3, -0.25) is 4.90 Å². The molecule has 2 rings (SSSR count). The molecule has 5 nitrogen and oxygen atoms in total. The SMILES string of the molecule is OCCN1CCN(c2nc(Cl)ncc2Cl)CC1. The minimum atomic E-state index is 0.195. The van der Waals surface area contributed by atoms with Gasteiger partial charge in [-0.25, -0.2) is 4.98 Å². The molecule has 1 aliphatic rings. The number of β-amino-alcohol motifs (C(OH)–C–C–N with tert-alkyl or cyclic N) is 1. The molecule has 17 heavy (non-hydrogen) atoms. The molecule has 2 heterocycles. The van der Waals surface area contributed by atoms with Crippen LogP contribution in [-0.2, 0) is 0 Å². The standard InChI is InChI=1S/C10H14Cl2N4O/c11-8-7-13-10(12)14-9(8)16-3-1-15(2-4-16)5-6-17/h7,17H,1-6H2. The van der Waals surface area contributed by atoms with Gasteiger partial charge in [0.1, 0.15) is 5.02 Å². The molecule has 0 amide bonds. The summed E-state index contributed by atoms with van der Waals surface area (Å²) in [6.07, 6.45) is 1.52. The zero-order valence-corrected chi connectivity index (χ0v) is 10.8. The Labute approximate surface area is 110 Å². The highest BCUT2D eigenvalue weighted by Gasteiger charge is 2.19. The van der Waals surface area contributed by atoms with Gasteiger partial charge in [-0.05, 0) is 11.6 Å². The lowest BCUT2D eigenvalue weighted by Gasteiger charge is -2.35. The summed E-state index contributed by atoms with van der Waals surface area (Å²) in [4.78, 5) is 12.3. The van der Waals surface area contributed by atoms with Crippen molar-refractivity contribution in [3.63, 3.8) is 0 Å². The first-order valence-corrected chi connectivity index (χ1v) is 6.22. The number of rotatable bonds is 3. The first-order chi connectivity index (χ1) is 8.20. The first-order valence-electron chi connectivity index (χ1n) is 5.47. The summed E-state index contributed by atoms with van der Waals surface area (Å²) in [5.74, 6) is 0.690. The van der Waals surface area contributed by atoms with E-state index in [1.807, 2.05) is 0 Å². The minimum absolute atomic E-state index is 0.195. The van der Waals surface area contributed by atoms with E-state index in [1.54, 1.807) is 0 Å². The Bertz CT molecular complexity index is 383. The number of piperazine rings is 1. The molecule has 0 aliphatic carbocycles. The fraction of sp³-hybridized carbons (Fsp3) is 0.600. The van der Waals surface area contributed by atoms with Crippen LogP contribution in [0.1, 0.15) is 0 Å². The number of hydrogen-bond acceptors (Lipinski definition) is 5. The van der Waals surface area contributed by atoms with Gasteiger partial charge in [-0.2, -0.15) is 4.98 Å².